The number of hydrogen-bond acceptors (Lipinski definition) is 4. The van der Waals surface area contributed by atoms with Gasteiger partial charge in [0.25, 0.3) is 0 Å². The number of likely N-dealkylation sites (tertiary alicyclic amines) is 1. The number of benzene rings is 1. The second-order valence-electron chi connectivity index (χ2n) is 4.87. The van der Waals surface area contributed by atoms with E-state index in [4.69, 9.17) is 0 Å². The smallest absolute Gasteiger partial charge is 0.161 e. The highest BCUT2D eigenvalue weighted by atomic mass is 16.3. The first kappa shape index (κ1) is 13.2. The normalized spacial score (nSPS) is 18.1. The van der Waals surface area contributed by atoms with Crippen LogP contribution in [0.15, 0.2) is 18.2 Å². The van der Waals surface area contributed by atoms with Gasteiger partial charge in [0.05, 0.1) is 0 Å². The largest absolute Gasteiger partial charge is 0.504 e. The molecule has 1 aliphatic heterocycles. The maximum atomic E-state index is 9.71. The van der Waals surface area contributed by atoms with Crippen molar-refractivity contribution in [3.05, 3.63) is 23.8 Å². The highest BCUT2D eigenvalue weighted by molar-refractivity contribution is 5.44. The van der Waals surface area contributed by atoms with Crippen molar-refractivity contribution in [3.8, 4) is 11.5 Å². The molecule has 2 rings (SSSR count). The Morgan fingerprint density at radius 2 is 2.00 bits per heavy atom. The Kier molecular flexibility index (Phi) is 4.44. The SMILES string of the molecule is CCN1CCC(NCc2cccc(O)c2O)CC1. The predicted molar refractivity (Wildman–Crippen MR) is 71.7 cm³/mol. The van der Waals surface area contributed by atoms with E-state index in [9.17, 15) is 10.2 Å². The lowest BCUT2D eigenvalue weighted by Gasteiger charge is -2.31. The molecule has 4 heteroatoms. The molecule has 0 radical (unpaired) electrons. The first-order valence-electron chi connectivity index (χ1n) is 6.66. The van der Waals surface area contributed by atoms with Crippen molar-refractivity contribution in [2.75, 3.05) is 19.6 Å². The summed E-state index contributed by atoms with van der Waals surface area (Å²) in [5.41, 5.74) is 0.757. The minimum atomic E-state index is -0.0462. The van der Waals surface area contributed by atoms with Gasteiger partial charge >= 0.3 is 0 Å². The molecule has 100 valence electrons. The van der Waals surface area contributed by atoms with Gasteiger partial charge in [0.1, 0.15) is 0 Å². The monoisotopic (exact) mass is 250 g/mol. The molecule has 0 spiro atoms. The number of phenols is 2. The third-order valence-electron chi connectivity index (χ3n) is 3.71. The molecule has 0 aliphatic carbocycles. The fourth-order valence-electron chi connectivity index (χ4n) is 2.43. The minimum Gasteiger partial charge on any atom is -0.504 e. The maximum Gasteiger partial charge on any atom is 0.161 e. The van der Waals surface area contributed by atoms with E-state index in [-0.39, 0.29) is 11.5 Å². The highest BCUT2D eigenvalue weighted by Crippen LogP contribution is 2.28. The van der Waals surface area contributed by atoms with E-state index in [1.165, 1.54) is 6.07 Å². The molecule has 0 saturated carbocycles. The van der Waals surface area contributed by atoms with Gasteiger partial charge in [-0.2, -0.15) is 0 Å². The van der Waals surface area contributed by atoms with Gasteiger partial charge in [0.2, 0.25) is 0 Å². The number of hydrogen-bond donors (Lipinski definition) is 3. The fourth-order valence-corrected chi connectivity index (χ4v) is 2.43. The third kappa shape index (κ3) is 3.15. The number of aromatic hydroxyl groups is 2. The van der Waals surface area contributed by atoms with Gasteiger partial charge in [-0.25, -0.2) is 0 Å². The van der Waals surface area contributed by atoms with Crippen LogP contribution in [0.4, 0.5) is 0 Å². The van der Waals surface area contributed by atoms with Crippen LogP contribution >= 0.6 is 0 Å². The zero-order valence-electron chi connectivity index (χ0n) is 10.9. The quantitative estimate of drug-likeness (QED) is 0.712. The number of para-hydroxylation sites is 1. The number of rotatable bonds is 4. The van der Waals surface area contributed by atoms with Crippen LogP contribution in [-0.2, 0) is 6.54 Å². The van der Waals surface area contributed by atoms with Crippen LogP contribution in [0, 0.1) is 0 Å². The molecule has 0 aromatic heterocycles. The number of phenolic OH excluding ortho intramolecular Hbond substituents is 2. The van der Waals surface area contributed by atoms with Gasteiger partial charge in [-0.05, 0) is 38.5 Å². The van der Waals surface area contributed by atoms with Gasteiger partial charge < -0.3 is 20.4 Å². The molecule has 1 saturated heterocycles. The summed E-state index contributed by atoms with van der Waals surface area (Å²) in [5.74, 6) is -0.0499. The van der Waals surface area contributed by atoms with Crippen LogP contribution in [0.1, 0.15) is 25.3 Å². The predicted octanol–water partition coefficient (Wildman–Crippen LogP) is 1.67. The minimum absolute atomic E-state index is 0.00371. The van der Waals surface area contributed by atoms with E-state index in [1.54, 1.807) is 6.07 Å². The van der Waals surface area contributed by atoms with Crippen LogP contribution in [0.5, 0.6) is 11.5 Å². The summed E-state index contributed by atoms with van der Waals surface area (Å²) in [6.45, 7) is 6.20. The van der Waals surface area contributed by atoms with E-state index in [0.29, 0.717) is 12.6 Å². The van der Waals surface area contributed by atoms with Crippen LogP contribution in [0.2, 0.25) is 0 Å². The van der Waals surface area contributed by atoms with E-state index in [2.05, 4.69) is 17.1 Å². The average molecular weight is 250 g/mol. The van der Waals surface area contributed by atoms with Crippen LogP contribution in [-0.4, -0.2) is 40.8 Å². The Labute approximate surface area is 108 Å². The molecule has 0 amide bonds. The second kappa shape index (κ2) is 6.07. The summed E-state index contributed by atoms with van der Waals surface area (Å²) < 4.78 is 0. The number of nitrogens with zero attached hydrogens (tertiary/aromatic N) is 1. The van der Waals surface area contributed by atoms with E-state index in [0.717, 1.165) is 38.0 Å². The summed E-state index contributed by atoms with van der Waals surface area (Å²) in [4.78, 5) is 2.45. The van der Waals surface area contributed by atoms with Crippen molar-refractivity contribution < 1.29 is 10.2 Å². The topological polar surface area (TPSA) is 55.7 Å². The molecule has 0 atom stereocenters. The van der Waals surface area contributed by atoms with Crippen molar-refractivity contribution in [2.45, 2.75) is 32.4 Å². The summed E-state index contributed by atoms with van der Waals surface area (Å²) in [5, 5.41) is 22.6. The summed E-state index contributed by atoms with van der Waals surface area (Å²) in [7, 11) is 0. The highest BCUT2D eigenvalue weighted by Gasteiger charge is 2.17. The third-order valence-corrected chi connectivity index (χ3v) is 3.71. The Hall–Kier alpha value is -1.26. The van der Waals surface area contributed by atoms with Crippen molar-refractivity contribution in [1.82, 2.24) is 10.2 Å². The van der Waals surface area contributed by atoms with E-state index >= 15 is 0 Å². The van der Waals surface area contributed by atoms with Crippen molar-refractivity contribution in [3.63, 3.8) is 0 Å². The van der Waals surface area contributed by atoms with Gasteiger partial charge in [-0.1, -0.05) is 19.1 Å². The standard InChI is InChI=1S/C14H22N2O2/c1-2-16-8-6-12(7-9-16)15-10-11-4-3-5-13(17)14(11)18/h3-5,12,15,17-18H,2,6-10H2,1H3. The second-order valence-corrected chi connectivity index (χ2v) is 4.87. The molecule has 18 heavy (non-hydrogen) atoms. The lowest BCUT2D eigenvalue weighted by Crippen LogP contribution is -2.42. The molecule has 1 heterocycles. The zero-order valence-corrected chi connectivity index (χ0v) is 10.9. The zero-order chi connectivity index (χ0) is 13.0. The molecular weight excluding hydrogens is 228 g/mol. The molecule has 1 aromatic carbocycles. The van der Waals surface area contributed by atoms with Gasteiger partial charge in [-0.15, -0.1) is 0 Å². The van der Waals surface area contributed by atoms with Crippen molar-refractivity contribution in [2.24, 2.45) is 0 Å². The Balaban J connectivity index is 1.83. The van der Waals surface area contributed by atoms with Gasteiger partial charge in [0.15, 0.2) is 11.5 Å². The summed E-state index contributed by atoms with van der Waals surface area (Å²) in [6.07, 6.45) is 2.29. The molecule has 1 fully saturated rings. The van der Waals surface area contributed by atoms with Gasteiger partial charge in [-0.3, -0.25) is 0 Å². The lowest BCUT2D eigenvalue weighted by molar-refractivity contribution is 0.205. The summed E-state index contributed by atoms with van der Waals surface area (Å²) in [6, 6.07) is 5.60. The molecule has 1 aliphatic rings. The van der Waals surface area contributed by atoms with Crippen LogP contribution < -0.4 is 5.32 Å². The Bertz CT molecular complexity index is 387. The van der Waals surface area contributed by atoms with E-state index < -0.39 is 0 Å². The molecule has 3 N–H and O–H groups in total. The molecular formula is C14H22N2O2. The molecule has 4 nitrogen and oxygen atoms in total. The number of piperidine rings is 1. The van der Waals surface area contributed by atoms with Crippen LogP contribution in [0.3, 0.4) is 0 Å². The first-order valence-corrected chi connectivity index (χ1v) is 6.66. The van der Waals surface area contributed by atoms with Crippen LogP contribution in [0.25, 0.3) is 0 Å². The average Bonchev–Trinajstić information content (AvgIpc) is 2.41. The maximum absolute atomic E-state index is 9.71. The molecule has 1 aromatic rings. The molecule has 0 bridgehead atoms. The van der Waals surface area contributed by atoms with Crippen molar-refractivity contribution in [1.29, 1.82) is 0 Å². The lowest BCUT2D eigenvalue weighted by atomic mass is 10.0. The first-order chi connectivity index (χ1) is 8.70. The molecule has 0 unspecified atom stereocenters. The van der Waals surface area contributed by atoms with Crippen molar-refractivity contribution >= 4 is 0 Å². The van der Waals surface area contributed by atoms with Gasteiger partial charge in [0, 0.05) is 18.2 Å². The summed E-state index contributed by atoms with van der Waals surface area (Å²) >= 11 is 0. The Morgan fingerprint density at radius 3 is 2.67 bits per heavy atom. The fraction of sp³-hybridized carbons (Fsp3) is 0.571. The van der Waals surface area contributed by atoms with E-state index in [1.807, 2.05) is 6.07 Å². The number of nitrogens with one attached hydrogen (secondary N) is 1. The Morgan fingerprint density at radius 1 is 1.28 bits per heavy atom.